The highest BCUT2D eigenvalue weighted by Gasteiger charge is 2.04. The maximum absolute atomic E-state index is 11.2. The molecule has 0 aliphatic rings. The van der Waals surface area contributed by atoms with Gasteiger partial charge in [-0.3, -0.25) is 4.79 Å². The molecule has 0 heterocycles. The van der Waals surface area contributed by atoms with Crippen molar-refractivity contribution in [2.24, 2.45) is 0 Å². The molecule has 122 valence electrons. The van der Waals surface area contributed by atoms with Crippen molar-refractivity contribution in [3.8, 4) is 0 Å². The molecule has 6 heteroatoms. The van der Waals surface area contributed by atoms with Crippen LogP contribution in [0.4, 0.5) is 0 Å². The summed E-state index contributed by atoms with van der Waals surface area (Å²) in [6.07, 6.45) is 7.88. The molecule has 0 aliphatic heterocycles. The van der Waals surface area contributed by atoms with Gasteiger partial charge < -0.3 is 19.7 Å². The third-order valence-electron chi connectivity index (χ3n) is 2.70. The minimum atomic E-state index is -1.02. The Hall–Kier alpha value is -1.40. The number of unbranched alkanes of at least 4 members (excludes halogenated alkanes) is 5. The molecule has 0 aromatic rings. The van der Waals surface area contributed by atoms with Crippen LogP contribution < -0.4 is 0 Å². The second kappa shape index (κ2) is 13.6. The summed E-state index contributed by atoms with van der Waals surface area (Å²) in [7, 11) is 0. The van der Waals surface area contributed by atoms with Crippen LogP contribution >= 0.6 is 0 Å². The predicted octanol–water partition coefficient (Wildman–Crippen LogP) is 1.34. The van der Waals surface area contributed by atoms with Gasteiger partial charge in [0.05, 0.1) is 13.2 Å². The maximum atomic E-state index is 11.2. The van der Waals surface area contributed by atoms with Crippen LogP contribution in [0.1, 0.15) is 45.4 Å². The Morgan fingerprint density at radius 2 is 1.76 bits per heavy atom. The van der Waals surface area contributed by atoms with Crippen molar-refractivity contribution in [2.45, 2.75) is 51.6 Å². The van der Waals surface area contributed by atoms with E-state index in [2.05, 4.69) is 0 Å². The molecule has 0 rings (SSSR count). The molecule has 21 heavy (non-hydrogen) atoms. The van der Waals surface area contributed by atoms with E-state index in [1.807, 2.05) is 0 Å². The molecule has 0 aromatic carbocycles. The molecule has 0 radical (unpaired) electrons. The van der Waals surface area contributed by atoms with E-state index in [1.165, 1.54) is 13.0 Å². The summed E-state index contributed by atoms with van der Waals surface area (Å²) in [5.74, 6) is -0.748. The van der Waals surface area contributed by atoms with Gasteiger partial charge in [0.15, 0.2) is 0 Å². The molecular weight excluding hydrogens is 276 g/mol. The highest BCUT2D eigenvalue weighted by molar-refractivity contribution is 5.81. The Labute approximate surface area is 125 Å². The number of rotatable bonds is 12. The van der Waals surface area contributed by atoms with E-state index in [9.17, 15) is 9.59 Å². The first-order valence-corrected chi connectivity index (χ1v) is 7.32. The maximum Gasteiger partial charge on any atom is 0.330 e. The van der Waals surface area contributed by atoms with E-state index in [4.69, 9.17) is 19.7 Å². The number of carbonyl (C=O) groups is 2. The zero-order valence-electron chi connectivity index (χ0n) is 12.6. The Morgan fingerprint density at radius 1 is 1.10 bits per heavy atom. The first-order chi connectivity index (χ1) is 10.1. The monoisotopic (exact) mass is 302 g/mol. The molecule has 0 bridgehead atoms. The Kier molecular flexibility index (Phi) is 12.7. The van der Waals surface area contributed by atoms with E-state index in [-0.39, 0.29) is 12.6 Å². The van der Waals surface area contributed by atoms with E-state index in [1.54, 1.807) is 6.08 Å². The fourth-order valence-electron chi connectivity index (χ4n) is 1.57. The smallest absolute Gasteiger partial charge is 0.330 e. The van der Waals surface area contributed by atoms with Gasteiger partial charge in [0.2, 0.25) is 0 Å². The van der Waals surface area contributed by atoms with Crippen molar-refractivity contribution < 1.29 is 29.3 Å². The lowest BCUT2D eigenvalue weighted by Crippen LogP contribution is -2.21. The number of hydrogen-bond donors (Lipinski definition) is 2. The number of hydrogen-bond acceptors (Lipinski definition) is 6. The molecule has 6 nitrogen and oxygen atoms in total. The standard InChI is InChI=1S/C15H26O6/c1-13(17)20-10-8-6-4-2-3-5-7-9-15(19)21-12-14(18)11-16/h7,9,14,16,18H,2-6,8,10-12H2,1H3/b9-7+. The van der Waals surface area contributed by atoms with Crippen LogP contribution in [0.5, 0.6) is 0 Å². The minimum Gasteiger partial charge on any atom is -0.466 e. The summed E-state index contributed by atoms with van der Waals surface area (Å²) in [4.78, 5) is 21.7. The highest BCUT2D eigenvalue weighted by Crippen LogP contribution is 2.06. The number of carbonyl (C=O) groups excluding carboxylic acids is 2. The van der Waals surface area contributed by atoms with Gasteiger partial charge in [0.25, 0.3) is 0 Å². The average molecular weight is 302 g/mol. The number of allylic oxidation sites excluding steroid dienone is 1. The van der Waals surface area contributed by atoms with Gasteiger partial charge in [0.1, 0.15) is 12.7 Å². The zero-order valence-corrected chi connectivity index (χ0v) is 12.6. The largest absolute Gasteiger partial charge is 0.466 e. The fraction of sp³-hybridized carbons (Fsp3) is 0.733. The van der Waals surface area contributed by atoms with Crippen LogP contribution in [0.3, 0.4) is 0 Å². The Balaban J connectivity index is 3.35. The summed E-state index contributed by atoms with van der Waals surface area (Å²) < 4.78 is 9.54. The molecule has 0 saturated heterocycles. The lowest BCUT2D eigenvalue weighted by Gasteiger charge is -2.06. The van der Waals surface area contributed by atoms with E-state index < -0.39 is 18.7 Å². The fourth-order valence-corrected chi connectivity index (χ4v) is 1.57. The summed E-state index contributed by atoms with van der Waals surface area (Å²) >= 11 is 0. The number of aliphatic hydroxyl groups is 2. The lowest BCUT2D eigenvalue weighted by molar-refractivity contribution is -0.142. The summed E-state index contributed by atoms with van der Waals surface area (Å²) in [6.45, 7) is 1.28. The molecule has 0 aromatic heterocycles. The van der Waals surface area contributed by atoms with Gasteiger partial charge in [-0.05, 0) is 19.3 Å². The molecule has 2 N–H and O–H groups in total. The Bertz CT molecular complexity index is 313. The SMILES string of the molecule is CC(=O)OCCCCCCC/C=C/C(=O)OCC(O)CO. The molecule has 0 saturated carbocycles. The second-order valence-electron chi connectivity index (χ2n) is 4.77. The van der Waals surface area contributed by atoms with Crippen LogP contribution in [-0.4, -0.2) is 48.1 Å². The van der Waals surface area contributed by atoms with Crippen LogP contribution in [0.25, 0.3) is 0 Å². The Morgan fingerprint density at radius 3 is 2.43 bits per heavy atom. The first-order valence-electron chi connectivity index (χ1n) is 7.32. The molecule has 0 spiro atoms. The van der Waals surface area contributed by atoms with Gasteiger partial charge in [-0.15, -0.1) is 0 Å². The van der Waals surface area contributed by atoms with Crippen molar-refractivity contribution in [1.82, 2.24) is 0 Å². The van der Waals surface area contributed by atoms with Crippen molar-refractivity contribution in [1.29, 1.82) is 0 Å². The van der Waals surface area contributed by atoms with Gasteiger partial charge in [-0.1, -0.05) is 25.3 Å². The van der Waals surface area contributed by atoms with E-state index in [0.717, 1.165) is 38.5 Å². The topological polar surface area (TPSA) is 93.1 Å². The molecule has 1 unspecified atom stereocenters. The normalized spacial score (nSPS) is 12.3. The third kappa shape index (κ3) is 14.8. The van der Waals surface area contributed by atoms with E-state index in [0.29, 0.717) is 6.61 Å². The van der Waals surface area contributed by atoms with Crippen molar-refractivity contribution >= 4 is 11.9 Å². The first kappa shape index (κ1) is 19.6. The highest BCUT2D eigenvalue weighted by atomic mass is 16.5. The van der Waals surface area contributed by atoms with E-state index >= 15 is 0 Å². The summed E-state index contributed by atoms with van der Waals surface area (Å²) in [5, 5.41) is 17.5. The van der Waals surface area contributed by atoms with Gasteiger partial charge in [-0.2, -0.15) is 0 Å². The van der Waals surface area contributed by atoms with Crippen molar-refractivity contribution in [2.75, 3.05) is 19.8 Å². The second-order valence-corrected chi connectivity index (χ2v) is 4.77. The molecular formula is C15H26O6. The lowest BCUT2D eigenvalue weighted by atomic mass is 10.1. The summed E-state index contributed by atoms with van der Waals surface area (Å²) in [5.41, 5.74) is 0. The van der Waals surface area contributed by atoms with Gasteiger partial charge >= 0.3 is 11.9 Å². The van der Waals surface area contributed by atoms with Crippen LogP contribution in [0.2, 0.25) is 0 Å². The molecule has 0 fully saturated rings. The molecule has 0 amide bonds. The van der Waals surface area contributed by atoms with Crippen LogP contribution in [0, 0.1) is 0 Å². The predicted molar refractivity (Wildman–Crippen MR) is 77.5 cm³/mol. The summed E-state index contributed by atoms with van der Waals surface area (Å²) in [6, 6.07) is 0. The van der Waals surface area contributed by atoms with Gasteiger partial charge in [0, 0.05) is 13.0 Å². The third-order valence-corrected chi connectivity index (χ3v) is 2.70. The zero-order chi connectivity index (χ0) is 15.9. The molecule has 0 aliphatic carbocycles. The number of ether oxygens (including phenoxy) is 2. The minimum absolute atomic E-state index is 0.192. The average Bonchev–Trinajstić information content (AvgIpc) is 2.46. The molecule has 1 atom stereocenters. The van der Waals surface area contributed by atoms with Crippen LogP contribution in [0.15, 0.2) is 12.2 Å². The quantitative estimate of drug-likeness (QED) is 0.321. The van der Waals surface area contributed by atoms with Crippen LogP contribution in [-0.2, 0) is 19.1 Å². The number of aliphatic hydroxyl groups excluding tert-OH is 2. The number of esters is 2. The van der Waals surface area contributed by atoms with Crippen molar-refractivity contribution in [3.63, 3.8) is 0 Å². The van der Waals surface area contributed by atoms with Crippen molar-refractivity contribution in [3.05, 3.63) is 12.2 Å². The van der Waals surface area contributed by atoms with Gasteiger partial charge in [-0.25, -0.2) is 4.79 Å².